The maximum atomic E-state index is 11.8. The van der Waals surface area contributed by atoms with Crippen molar-refractivity contribution in [3.63, 3.8) is 0 Å². The average molecular weight is 260 g/mol. The molecule has 2 aromatic rings. The topological polar surface area (TPSA) is 54.1 Å². The number of nitrogens with one attached hydrogen (secondary N) is 2. The molecule has 0 aliphatic carbocycles. The van der Waals surface area contributed by atoms with Gasteiger partial charge in [-0.3, -0.25) is 0 Å². The minimum Gasteiger partial charge on any atom is -0.464 e. The van der Waals surface area contributed by atoms with E-state index < -0.39 is 0 Å². The lowest BCUT2D eigenvalue weighted by molar-refractivity contribution is -0.145. The zero-order valence-corrected chi connectivity index (χ0v) is 11.6. The van der Waals surface area contributed by atoms with Gasteiger partial charge in [-0.05, 0) is 37.1 Å². The summed E-state index contributed by atoms with van der Waals surface area (Å²) in [5.74, 6) is 0.134. The summed E-state index contributed by atoms with van der Waals surface area (Å²) in [6, 6.07) is 7.60. The molecular weight excluding hydrogens is 240 g/mol. The molecule has 0 saturated carbocycles. The fourth-order valence-corrected chi connectivity index (χ4v) is 1.83. The highest BCUT2D eigenvalue weighted by molar-refractivity contribution is 5.85. The van der Waals surface area contributed by atoms with Gasteiger partial charge < -0.3 is 15.0 Å². The molecule has 102 valence electrons. The smallest absolute Gasteiger partial charge is 0.328 e. The van der Waals surface area contributed by atoms with E-state index in [1.807, 2.05) is 51.2 Å². The fourth-order valence-electron chi connectivity index (χ4n) is 1.83. The summed E-state index contributed by atoms with van der Waals surface area (Å²) in [5.41, 5.74) is 2.00. The lowest BCUT2D eigenvalue weighted by atomic mass is 10.2. The van der Waals surface area contributed by atoms with Gasteiger partial charge in [0.1, 0.15) is 6.04 Å². The molecule has 0 fully saturated rings. The van der Waals surface area contributed by atoms with Crippen LogP contribution in [0.5, 0.6) is 0 Å². The molecule has 0 unspecified atom stereocenters. The van der Waals surface area contributed by atoms with Crippen LogP contribution >= 0.6 is 0 Å². The van der Waals surface area contributed by atoms with Crippen LogP contribution in [0.1, 0.15) is 20.8 Å². The first kappa shape index (κ1) is 13.5. The van der Waals surface area contributed by atoms with Gasteiger partial charge >= 0.3 is 5.97 Å². The molecule has 0 aliphatic heterocycles. The van der Waals surface area contributed by atoms with Gasteiger partial charge in [0.25, 0.3) is 0 Å². The van der Waals surface area contributed by atoms with Crippen molar-refractivity contribution in [2.75, 3.05) is 11.9 Å². The number of fused-ring (bicyclic) bond motifs is 1. The second-order valence-corrected chi connectivity index (χ2v) is 5.17. The molecule has 0 radical (unpaired) electrons. The first-order valence-corrected chi connectivity index (χ1v) is 6.56. The van der Waals surface area contributed by atoms with Crippen molar-refractivity contribution >= 4 is 22.6 Å². The Labute approximate surface area is 113 Å². The van der Waals surface area contributed by atoms with Gasteiger partial charge in [-0.2, -0.15) is 0 Å². The maximum absolute atomic E-state index is 11.8. The Morgan fingerprint density at radius 3 is 2.84 bits per heavy atom. The summed E-state index contributed by atoms with van der Waals surface area (Å²) in [4.78, 5) is 14.9. The second-order valence-electron chi connectivity index (χ2n) is 5.17. The third-order valence-electron chi connectivity index (χ3n) is 2.85. The molecule has 4 heteroatoms. The molecule has 1 aromatic heterocycles. The van der Waals surface area contributed by atoms with Gasteiger partial charge in [-0.25, -0.2) is 4.79 Å². The van der Waals surface area contributed by atoms with E-state index >= 15 is 0 Å². The number of H-pyrrole nitrogens is 1. The minimum atomic E-state index is -0.352. The number of benzene rings is 1. The summed E-state index contributed by atoms with van der Waals surface area (Å²) in [7, 11) is 0. The molecule has 2 rings (SSSR count). The van der Waals surface area contributed by atoms with Gasteiger partial charge in [-0.15, -0.1) is 0 Å². The molecule has 1 atom stereocenters. The monoisotopic (exact) mass is 260 g/mol. The van der Waals surface area contributed by atoms with Crippen molar-refractivity contribution in [3.8, 4) is 0 Å². The van der Waals surface area contributed by atoms with Crippen LogP contribution in [0.15, 0.2) is 30.5 Å². The number of aromatic nitrogens is 1. The maximum Gasteiger partial charge on any atom is 0.328 e. The lowest BCUT2D eigenvalue weighted by Gasteiger charge is -2.15. The Bertz CT molecular complexity index is 560. The van der Waals surface area contributed by atoms with Crippen LogP contribution in [0.2, 0.25) is 0 Å². The quantitative estimate of drug-likeness (QED) is 0.812. The number of ether oxygens (including phenoxy) is 1. The van der Waals surface area contributed by atoms with E-state index in [1.165, 1.54) is 0 Å². The molecule has 0 saturated heterocycles. The Kier molecular flexibility index (Phi) is 4.10. The molecule has 4 nitrogen and oxygen atoms in total. The zero-order chi connectivity index (χ0) is 13.8. The average Bonchev–Trinajstić information content (AvgIpc) is 2.83. The number of hydrogen-bond acceptors (Lipinski definition) is 3. The Hall–Kier alpha value is -1.97. The first-order chi connectivity index (χ1) is 9.06. The summed E-state index contributed by atoms with van der Waals surface area (Å²) in [5, 5.41) is 4.28. The van der Waals surface area contributed by atoms with Crippen molar-refractivity contribution in [3.05, 3.63) is 30.5 Å². The van der Waals surface area contributed by atoms with E-state index in [9.17, 15) is 4.79 Å². The van der Waals surface area contributed by atoms with Crippen molar-refractivity contribution in [2.45, 2.75) is 26.8 Å². The third-order valence-corrected chi connectivity index (χ3v) is 2.85. The van der Waals surface area contributed by atoms with Gasteiger partial charge in [0, 0.05) is 22.8 Å². The van der Waals surface area contributed by atoms with Gasteiger partial charge in [0.05, 0.1) is 6.61 Å². The lowest BCUT2D eigenvalue weighted by Crippen LogP contribution is -2.29. The molecule has 2 N–H and O–H groups in total. The predicted molar refractivity (Wildman–Crippen MR) is 77.2 cm³/mol. The standard InChI is InChI=1S/C15H20N2O2/c1-10(2)9-19-15(18)11(3)17-13-4-5-14-12(8-13)6-7-16-14/h4-8,10-11,16-17H,9H2,1-3H3/t11-/m0/s1. The van der Waals surface area contributed by atoms with E-state index in [4.69, 9.17) is 4.74 Å². The second kappa shape index (κ2) is 5.78. The molecule has 0 amide bonds. The summed E-state index contributed by atoms with van der Waals surface area (Å²) in [6.07, 6.45) is 1.90. The van der Waals surface area contributed by atoms with Crippen LogP contribution in [-0.2, 0) is 9.53 Å². The van der Waals surface area contributed by atoms with Crippen LogP contribution < -0.4 is 5.32 Å². The van der Waals surface area contributed by atoms with E-state index in [2.05, 4.69) is 10.3 Å². The van der Waals surface area contributed by atoms with E-state index in [-0.39, 0.29) is 12.0 Å². The number of hydrogen-bond donors (Lipinski definition) is 2. The molecule has 1 aromatic carbocycles. The number of anilines is 1. The van der Waals surface area contributed by atoms with Crippen molar-refractivity contribution in [1.29, 1.82) is 0 Å². The zero-order valence-electron chi connectivity index (χ0n) is 11.6. The normalized spacial score (nSPS) is 12.6. The Morgan fingerprint density at radius 2 is 2.11 bits per heavy atom. The molecule has 0 aliphatic rings. The minimum absolute atomic E-state index is 0.220. The van der Waals surface area contributed by atoms with Gasteiger partial charge in [-0.1, -0.05) is 13.8 Å². The number of carbonyl (C=O) groups is 1. The number of rotatable bonds is 5. The molecular formula is C15H20N2O2. The molecule has 0 bridgehead atoms. The van der Waals surface area contributed by atoms with Crippen LogP contribution in [0.25, 0.3) is 10.9 Å². The SMILES string of the molecule is CC(C)COC(=O)[C@H](C)Nc1ccc2[nH]ccc2c1. The largest absolute Gasteiger partial charge is 0.464 e. The van der Waals surface area contributed by atoms with Crippen LogP contribution in [-0.4, -0.2) is 23.6 Å². The highest BCUT2D eigenvalue weighted by Gasteiger charge is 2.14. The number of carbonyl (C=O) groups excluding carboxylic acids is 1. The molecule has 1 heterocycles. The molecule has 19 heavy (non-hydrogen) atoms. The predicted octanol–water partition coefficient (Wildman–Crippen LogP) is 3.17. The summed E-state index contributed by atoms with van der Waals surface area (Å²) in [6.45, 7) is 6.31. The third kappa shape index (κ3) is 3.50. The van der Waals surface area contributed by atoms with Crippen LogP contribution in [0.4, 0.5) is 5.69 Å². The number of aromatic amines is 1. The van der Waals surface area contributed by atoms with Crippen LogP contribution in [0, 0.1) is 5.92 Å². The summed E-state index contributed by atoms with van der Waals surface area (Å²) < 4.78 is 5.20. The van der Waals surface area contributed by atoms with Gasteiger partial charge in [0.2, 0.25) is 0 Å². The first-order valence-electron chi connectivity index (χ1n) is 6.56. The fraction of sp³-hybridized carbons (Fsp3) is 0.400. The van der Waals surface area contributed by atoms with Crippen LogP contribution in [0.3, 0.4) is 0 Å². The van der Waals surface area contributed by atoms with Gasteiger partial charge in [0.15, 0.2) is 0 Å². The van der Waals surface area contributed by atoms with E-state index in [0.717, 1.165) is 16.6 Å². The van der Waals surface area contributed by atoms with E-state index in [1.54, 1.807) is 0 Å². The van der Waals surface area contributed by atoms with E-state index in [0.29, 0.717) is 12.5 Å². The van der Waals surface area contributed by atoms with Crippen molar-refractivity contribution < 1.29 is 9.53 Å². The highest BCUT2D eigenvalue weighted by Crippen LogP contribution is 2.18. The molecule has 0 spiro atoms. The highest BCUT2D eigenvalue weighted by atomic mass is 16.5. The van der Waals surface area contributed by atoms with Crippen molar-refractivity contribution in [2.24, 2.45) is 5.92 Å². The number of esters is 1. The Morgan fingerprint density at radius 1 is 1.32 bits per heavy atom. The summed E-state index contributed by atoms with van der Waals surface area (Å²) >= 11 is 0. The Balaban J connectivity index is 1.97. The van der Waals surface area contributed by atoms with Crippen molar-refractivity contribution in [1.82, 2.24) is 4.98 Å².